The maximum atomic E-state index is 11.5. The smallest absolute Gasteiger partial charge is 0.384 e. The summed E-state index contributed by atoms with van der Waals surface area (Å²) in [5, 5.41) is 16.3. The molecular formula is C5H6CuF6O2. The molecule has 0 aromatic rings. The number of rotatable bonds is 2. The Morgan fingerprint density at radius 1 is 0.786 bits per heavy atom. The molecule has 0 aliphatic carbocycles. The van der Waals surface area contributed by atoms with Crippen molar-refractivity contribution in [2.75, 3.05) is 0 Å². The standard InChI is InChI=1S/C5H6F6O2.Cu/c6-4(7,8)2(12)1-3(13)5(9,10)11;/h2-3,12-13H,1H2;. The Balaban J connectivity index is 0. The number of hydrogen-bond donors (Lipinski definition) is 2. The van der Waals surface area contributed by atoms with E-state index < -0.39 is 31.0 Å². The Morgan fingerprint density at radius 2 is 1.00 bits per heavy atom. The van der Waals surface area contributed by atoms with Crippen molar-refractivity contribution < 1.29 is 53.6 Å². The maximum Gasteiger partial charge on any atom is 0.414 e. The summed E-state index contributed by atoms with van der Waals surface area (Å²) < 4.78 is 68.8. The average molecular weight is 276 g/mol. The first-order valence-corrected chi connectivity index (χ1v) is 3.04. The van der Waals surface area contributed by atoms with Crippen LogP contribution in [0.5, 0.6) is 0 Å². The van der Waals surface area contributed by atoms with Gasteiger partial charge >= 0.3 is 12.4 Å². The van der Waals surface area contributed by atoms with Crippen LogP contribution < -0.4 is 0 Å². The first-order chi connectivity index (χ1) is 5.55. The average Bonchev–Trinajstić information content (AvgIpc) is 1.82. The van der Waals surface area contributed by atoms with Gasteiger partial charge in [0.05, 0.1) is 0 Å². The van der Waals surface area contributed by atoms with Crippen LogP contribution in [0.1, 0.15) is 6.42 Å². The molecule has 9 heteroatoms. The third-order valence-corrected chi connectivity index (χ3v) is 1.20. The summed E-state index contributed by atoms with van der Waals surface area (Å²) in [6.45, 7) is 0. The van der Waals surface area contributed by atoms with Gasteiger partial charge in [0.2, 0.25) is 0 Å². The van der Waals surface area contributed by atoms with E-state index in [-0.39, 0.29) is 17.1 Å². The van der Waals surface area contributed by atoms with E-state index in [0.717, 1.165) is 0 Å². The van der Waals surface area contributed by atoms with Crippen molar-refractivity contribution in [1.82, 2.24) is 0 Å². The van der Waals surface area contributed by atoms with Crippen LogP contribution in [0.15, 0.2) is 0 Å². The Labute approximate surface area is 85.4 Å². The number of aliphatic hydroxyl groups excluding tert-OH is 2. The molecule has 0 spiro atoms. The fourth-order valence-corrected chi connectivity index (χ4v) is 0.479. The molecular weight excluding hydrogens is 270 g/mol. The molecule has 91 valence electrons. The zero-order valence-electron chi connectivity index (χ0n) is 6.33. The summed E-state index contributed by atoms with van der Waals surface area (Å²) >= 11 is 0. The van der Waals surface area contributed by atoms with Crippen LogP contribution in [-0.2, 0) is 17.1 Å². The third kappa shape index (κ3) is 5.69. The summed E-state index contributed by atoms with van der Waals surface area (Å²) in [6, 6.07) is 0. The minimum absolute atomic E-state index is 0. The number of alkyl halides is 6. The SMILES string of the molecule is OC(CC(O)C(F)(F)F)C(F)(F)F.[Cu]. The van der Waals surface area contributed by atoms with Crippen LogP contribution in [0, 0.1) is 0 Å². The Bertz CT molecular complexity index is 149. The van der Waals surface area contributed by atoms with E-state index in [2.05, 4.69) is 0 Å². The first-order valence-electron chi connectivity index (χ1n) is 3.04. The Kier molecular flexibility index (Phi) is 6.11. The van der Waals surface area contributed by atoms with Gasteiger partial charge in [0.25, 0.3) is 0 Å². The van der Waals surface area contributed by atoms with Crippen molar-refractivity contribution in [3.8, 4) is 0 Å². The zero-order chi connectivity index (χ0) is 10.9. The molecule has 0 saturated heterocycles. The molecule has 0 aliphatic rings. The van der Waals surface area contributed by atoms with E-state index in [1.165, 1.54) is 0 Å². The van der Waals surface area contributed by atoms with Crippen molar-refractivity contribution in [2.45, 2.75) is 31.0 Å². The fourth-order valence-electron chi connectivity index (χ4n) is 0.479. The van der Waals surface area contributed by atoms with Crippen molar-refractivity contribution in [3.05, 3.63) is 0 Å². The summed E-state index contributed by atoms with van der Waals surface area (Å²) in [5.41, 5.74) is 0. The van der Waals surface area contributed by atoms with Gasteiger partial charge in [0.1, 0.15) is 0 Å². The molecule has 2 unspecified atom stereocenters. The molecule has 0 aliphatic heterocycles. The number of aliphatic hydroxyl groups is 2. The van der Waals surface area contributed by atoms with Crippen LogP contribution in [-0.4, -0.2) is 34.8 Å². The van der Waals surface area contributed by atoms with Crippen LogP contribution in [0.3, 0.4) is 0 Å². The van der Waals surface area contributed by atoms with Gasteiger partial charge in [-0.05, 0) is 0 Å². The zero-order valence-corrected chi connectivity index (χ0v) is 7.27. The topological polar surface area (TPSA) is 40.5 Å². The third-order valence-electron chi connectivity index (χ3n) is 1.20. The van der Waals surface area contributed by atoms with Crippen LogP contribution >= 0.6 is 0 Å². The van der Waals surface area contributed by atoms with Gasteiger partial charge in [-0.15, -0.1) is 0 Å². The molecule has 0 saturated carbocycles. The van der Waals surface area contributed by atoms with E-state index in [0.29, 0.717) is 0 Å². The van der Waals surface area contributed by atoms with Gasteiger partial charge < -0.3 is 10.2 Å². The normalized spacial score (nSPS) is 17.1. The molecule has 0 fully saturated rings. The van der Waals surface area contributed by atoms with Gasteiger partial charge in [0.15, 0.2) is 12.2 Å². The van der Waals surface area contributed by atoms with Crippen molar-refractivity contribution >= 4 is 0 Å². The van der Waals surface area contributed by atoms with Gasteiger partial charge in [-0.25, -0.2) is 0 Å². The molecule has 0 amide bonds. The summed E-state index contributed by atoms with van der Waals surface area (Å²) in [4.78, 5) is 0. The van der Waals surface area contributed by atoms with E-state index in [9.17, 15) is 26.3 Å². The van der Waals surface area contributed by atoms with Crippen LogP contribution in [0.25, 0.3) is 0 Å². The van der Waals surface area contributed by atoms with Crippen LogP contribution in [0.4, 0.5) is 26.3 Å². The van der Waals surface area contributed by atoms with Gasteiger partial charge in [-0.1, -0.05) is 0 Å². The van der Waals surface area contributed by atoms with Crippen molar-refractivity contribution in [2.24, 2.45) is 0 Å². The van der Waals surface area contributed by atoms with Gasteiger partial charge in [-0.2, -0.15) is 26.3 Å². The Hall–Kier alpha value is 0.0195. The maximum absolute atomic E-state index is 11.5. The number of halogens is 6. The predicted octanol–water partition coefficient (Wildman–Crippen LogP) is 1.22. The second kappa shape index (κ2) is 5.20. The van der Waals surface area contributed by atoms with E-state index in [1.807, 2.05) is 0 Å². The molecule has 0 rings (SSSR count). The van der Waals surface area contributed by atoms with E-state index >= 15 is 0 Å². The monoisotopic (exact) mass is 275 g/mol. The summed E-state index contributed by atoms with van der Waals surface area (Å²) in [7, 11) is 0. The first kappa shape index (κ1) is 16.4. The minimum atomic E-state index is -5.15. The van der Waals surface area contributed by atoms with Crippen LogP contribution in [0.2, 0.25) is 0 Å². The number of hydrogen-bond acceptors (Lipinski definition) is 2. The largest absolute Gasteiger partial charge is 0.414 e. The molecule has 2 N–H and O–H groups in total. The quantitative estimate of drug-likeness (QED) is 0.588. The molecule has 0 aromatic carbocycles. The summed E-state index contributed by atoms with van der Waals surface area (Å²) in [5.74, 6) is 0. The minimum Gasteiger partial charge on any atom is -0.384 e. The molecule has 0 aromatic heterocycles. The van der Waals surface area contributed by atoms with E-state index in [4.69, 9.17) is 10.2 Å². The molecule has 0 bridgehead atoms. The molecule has 0 heterocycles. The summed E-state index contributed by atoms with van der Waals surface area (Å²) in [6.07, 6.45) is -18.4. The van der Waals surface area contributed by atoms with Crippen molar-refractivity contribution in [1.29, 1.82) is 0 Å². The molecule has 2 nitrogen and oxygen atoms in total. The second-order valence-corrected chi connectivity index (χ2v) is 2.35. The van der Waals surface area contributed by atoms with Gasteiger partial charge in [0, 0.05) is 23.5 Å². The molecule has 14 heavy (non-hydrogen) atoms. The Morgan fingerprint density at radius 3 is 1.14 bits per heavy atom. The fraction of sp³-hybridized carbons (Fsp3) is 1.00. The molecule has 2 atom stereocenters. The van der Waals surface area contributed by atoms with Crippen molar-refractivity contribution in [3.63, 3.8) is 0 Å². The molecule has 1 radical (unpaired) electrons. The second-order valence-electron chi connectivity index (χ2n) is 2.35. The van der Waals surface area contributed by atoms with E-state index in [1.54, 1.807) is 0 Å². The predicted molar refractivity (Wildman–Crippen MR) is 28.7 cm³/mol. The van der Waals surface area contributed by atoms with Gasteiger partial charge in [-0.3, -0.25) is 0 Å².